The van der Waals surface area contributed by atoms with Crippen LogP contribution >= 0.6 is 0 Å². The van der Waals surface area contributed by atoms with E-state index in [9.17, 15) is 5.11 Å². The number of benzene rings is 2. The van der Waals surface area contributed by atoms with E-state index in [0.29, 0.717) is 16.7 Å². The van der Waals surface area contributed by atoms with Crippen molar-refractivity contribution in [3.63, 3.8) is 0 Å². The van der Waals surface area contributed by atoms with Gasteiger partial charge in [-0.2, -0.15) is 9.97 Å². The summed E-state index contributed by atoms with van der Waals surface area (Å²) in [5.74, 6) is 0.403. The number of anilines is 2. The summed E-state index contributed by atoms with van der Waals surface area (Å²) in [6.07, 6.45) is 3.11. The summed E-state index contributed by atoms with van der Waals surface area (Å²) in [5.41, 5.74) is 3.35. The van der Waals surface area contributed by atoms with Crippen LogP contribution in [-0.4, -0.2) is 32.2 Å². The van der Waals surface area contributed by atoms with Gasteiger partial charge in [0.1, 0.15) is 5.75 Å². The molecule has 2 aromatic heterocycles. The van der Waals surface area contributed by atoms with Crippen molar-refractivity contribution in [3.8, 4) is 17.6 Å². The van der Waals surface area contributed by atoms with Gasteiger partial charge in [-0.25, -0.2) is 0 Å². The number of aliphatic hydroxyl groups excluding tert-OH is 1. The highest BCUT2D eigenvalue weighted by molar-refractivity contribution is 5.82. The van der Waals surface area contributed by atoms with Gasteiger partial charge in [0, 0.05) is 24.6 Å². The lowest BCUT2D eigenvalue weighted by Gasteiger charge is -2.20. The number of ether oxygens (including phenoxy) is 1. The highest BCUT2D eigenvalue weighted by Crippen LogP contribution is 2.29. The Morgan fingerprint density at radius 2 is 1.61 bits per heavy atom. The number of pyridine rings is 1. The van der Waals surface area contributed by atoms with Gasteiger partial charge in [0.15, 0.2) is 0 Å². The van der Waals surface area contributed by atoms with Gasteiger partial charge in [-0.3, -0.25) is 4.98 Å². The third-order valence-electron chi connectivity index (χ3n) is 4.40. The van der Waals surface area contributed by atoms with Gasteiger partial charge < -0.3 is 19.8 Å². The quantitative estimate of drug-likeness (QED) is 0.549. The van der Waals surface area contributed by atoms with E-state index in [1.807, 2.05) is 60.5 Å². The maximum absolute atomic E-state index is 10.0. The summed E-state index contributed by atoms with van der Waals surface area (Å²) in [7, 11) is 1.96. The zero-order valence-corrected chi connectivity index (χ0v) is 15.1. The number of nitrogens with zero attached hydrogens (tertiary/aromatic N) is 4. The zero-order valence-electron chi connectivity index (χ0n) is 15.1. The molecule has 0 aliphatic carbocycles. The summed E-state index contributed by atoms with van der Waals surface area (Å²) in [4.78, 5) is 14.3. The minimum atomic E-state index is -0.148. The van der Waals surface area contributed by atoms with Gasteiger partial charge >= 0.3 is 6.01 Å². The molecule has 2 N–H and O–H groups in total. The summed E-state index contributed by atoms with van der Waals surface area (Å²) in [6, 6.07) is 16.8. The lowest BCUT2D eigenvalue weighted by atomic mass is 10.2. The molecule has 0 radical (unpaired) electrons. The van der Waals surface area contributed by atoms with Crippen LogP contribution in [0.1, 0.15) is 5.56 Å². The second kappa shape index (κ2) is 7.50. The number of rotatable bonds is 5. The number of hydrogen-bond donors (Lipinski definition) is 2. The first kappa shape index (κ1) is 17.7. The van der Waals surface area contributed by atoms with E-state index in [1.54, 1.807) is 18.5 Å². The number of hydrogen-bond acceptors (Lipinski definition) is 7. The van der Waals surface area contributed by atoms with Crippen LogP contribution in [0.25, 0.3) is 10.9 Å². The fourth-order valence-corrected chi connectivity index (χ4v) is 2.81. The second-order valence-corrected chi connectivity index (χ2v) is 6.20. The van der Waals surface area contributed by atoms with Crippen molar-refractivity contribution >= 4 is 22.3 Å². The first-order valence-corrected chi connectivity index (χ1v) is 8.66. The number of aliphatic hydroxyl groups is 1. The Morgan fingerprint density at radius 3 is 2.29 bits per heavy atom. The van der Waals surface area contributed by atoms with E-state index in [1.165, 1.54) is 0 Å². The fourth-order valence-electron chi connectivity index (χ4n) is 2.81. The number of aromatic nitrogens is 3. The second-order valence-electron chi connectivity index (χ2n) is 6.20. The van der Waals surface area contributed by atoms with E-state index in [0.717, 1.165) is 16.9 Å². The highest BCUT2D eigenvalue weighted by atomic mass is 16.5. The SMILES string of the molecule is CN(c1ccc(CO)cc1)c1ccc(Oc2nc(O)c3ccncc3n2)cc1. The molecular formula is C21H18N4O3. The van der Waals surface area contributed by atoms with Crippen molar-refractivity contribution in [1.29, 1.82) is 0 Å². The van der Waals surface area contributed by atoms with Crippen LogP contribution < -0.4 is 9.64 Å². The van der Waals surface area contributed by atoms with Crippen molar-refractivity contribution in [2.45, 2.75) is 6.61 Å². The van der Waals surface area contributed by atoms with E-state index >= 15 is 0 Å². The van der Waals surface area contributed by atoms with E-state index in [2.05, 4.69) is 15.0 Å². The molecular weight excluding hydrogens is 356 g/mol. The Hall–Kier alpha value is -3.71. The van der Waals surface area contributed by atoms with Crippen molar-refractivity contribution in [1.82, 2.24) is 15.0 Å². The predicted molar refractivity (Wildman–Crippen MR) is 106 cm³/mol. The molecule has 140 valence electrons. The van der Waals surface area contributed by atoms with E-state index in [-0.39, 0.29) is 18.5 Å². The molecule has 2 heterocycles. The van der Waals surface area contributed by atoms with Gasteiger partial charge in [0.2, 0.25) is 5.88 Å². The molecule has 4 rings (SSSR count). The van der Waals surface area contributed by atoms with Gasteiger partial charge in [0.05, 0.1) is 23.7 Å². The summed E-state index contributed by atoms with van der Waals surface area (Å²) < 4.78 is 5.68. The highest BCUT2D eigenvalue weighted by Gasteiger charge is 2.09. The molecule has 0 amide bonds. The molecule has 7 nitrogen and oxygen atoms in total. The standard InChI is InChI=1S/C21H18N4O3/c1-25(15-4-2-14(13-26)3-5-15)16-6-8-17(9-7-16)28-21-23-19-12-22-11-10-18(19)20(27)24-21/h2-12,26H,13H2,1H3,(H,23,24,27). The van der Waals surface area contributed by atoms with Gasteiger partial charge in [0.25, 0.3) is 0 Å². The first-order chi connectivity index (χ1) is 13.6. The molecule has 0 saturated heterocycles. The van der Waals surface area contributed by atoms with Crippen molar-refractivity contribution in [2.75, 3.05) is 11.9 Å². The average molecular weight is 374 g/mol. The molecule has 4 aromatic rings. The largest absolute Gasteiger partial charge is 0.493 e. The predicted octanol–water partition coefficient (Wildman–Crippen LogP) is 3.78. The molecule has 0 aliphatic rings. The molecule has 0 unspecified atom stereocenters. The lowest BCUT2D eigenvalue weighted by Crippen LogP contribution is -2.09. The minimum absolute atomic E-state index is 0.0263. The third kappa shape index (κ3) is 3.56. The maximum atomic E-state index is 10.0. The number of fused-ring (bicyclic) bond motifs is 1. The molecule has 2 aromatic carbocycles. The maximum Gasteiger partial charge on any atom is 0.325 e. The van der Waals surface area contributed by atoms with Crippen LogP contribution in [-0.2, 0) is 6.61 Å². The summed E-state index contributed by atoms with van der Waals surface area (Å²) in [5, 5.41) is 19.7. The van der Waals surface area contributed by atoms with Gasteiger partial charge in [-0.1, -0.05) is 12.1 Å². The number of aromatic hydroxyl groups is 1. The van der Waals surface area contributed by atoms with Crippen LogP contribution in [0.3, 0.4) is 0 Å². The van der Waals surface area contributed by atoms with Crippen molar-refractivity contribution < 1.29 is 14.9 Å². The summed E-state index contributed by atoms with van der Waals surface area (Å²) in [6.45, 7) is 0.0263. The lowest BCUT2D eigenvalue weighted by molar-refractivity contribution is 0.282. The Kier molecular flexibility index (Phi) is 4.74. The Balaban J connectivity index is 1.53. The van der Waals surface area contributed by atoms with Crippen molar-refractivity contribution in [3.05, 3.63) is 72.6 Å². The Morgan fingerprint density at radius 1 is 0.929 bits per heavy atom. The first-order valence-electron chi connectivity index (χ1n) is 8.66. The monoisotopic (exact) mass is 374 g/mol. The summed E-state index contributed by atoms with van der Waals surface area (Å²) >= 11 is 0. The molecule has 0 saturated carbocycles. The molecule has 0 bridgehead atoms. The average Bonchev–Trinajstić information content (AvgIpc) is 2.74. The van der Waals surface area contributed by atoms with Gasteiger partial charge in [-0.05, 0) is 48.0 Å². The zero-order chi connectivity index (χ0) is 19.5. The van der Waals surface area contributed by atoms with Crippen LogP contribution in [0.4, 0.5) is 11.4 Å². The molecule has 0 atom stereocenters. The van der Waals surface area contributed by atoms with Crippen LogP contribution in [0.5, 0.6) is 17.6 Å². The molecule has 28 heavy (non-hydrogen) atoms. The fraction of sp³-hybridized carbons (Fsp3) is 0.0952. The normalized spacial score (nSPS) is 10.8. The topological polar surface area (TPSA) is 91.6 Å². The Labute approximate surface area is 161 Å². The van der Waals surface area contributed by atoms with E-state index < -0.39 is 0 Å². The van der Waals surface area contributed by atoms with Crippen molar-refractivity contribution in [2.24, 2.45) is 0 Å². The molecule has 7 heteroatoms. The smallest absolute Gasteiger partial charge is 0.325 e. The Bertz CT molecular complexity index is 1100. The third-order valence-corrected chi connectivity index (χ3v) is 4.40. The molecule has 0 fully saturated rings. The van der Waals surface area contributed by atoms with Crippen LogP contribution in [0.15, 0.2) is 67.0 Å². The molecule has 0 spiro atoms. The van der Waals surface area contributed by atoms with E-state index in [4.69, 9.17) is 9.84 Å². The van der Waals surface area contributed by atoms with Gasteiger partial charge in [-0.15, -0.1) is 0 Å². The van der Waals surface area contributed by atoms with Crippen LogP contribution in [0, 0.1) is 0 Å². The minimum Gasteiger partial charge on any atom is -0.493 e. The van der Waals surface area contributed by atoms with Crippen LogP contribution in [0.2, 0.25) is 0 Å². The molecule has 0 aliphatic heterocycles.